The van der Waals surface area contributed by atoms with E-state index in [9.17, 15) is 9.59 Å². The molecule has 1 heterocycles. The van der Waals surface area contributed by atoms with Crippen molar-refractivity contribution in [1.29, 1.82) is 0 Å². The van der Waals surface area contributed by atoms with Crippen LogP contribution < -0.4 is 4.74 Å². The lowest BCUT2D eigenvalue weighted by Crippen LogP contribution is -2.13. The van der Waals surface area contributed by atoms with E-state index in [1.165, 1.54) is 0 Å². The van der Waals surface area contributed by atoms with Crippen LogP contribution in [-0.2, 0) is 11.2 Å². The van der Waals surface area contributed by atoms with Gasteiger partial charge in [0.1, 0.15) is 5.75 Å². The summed E-state index contributed by atoms with van der Waals surface area (Å²) in [5.41, 5.74) is 2.66. The Morgan fingerprint density at radius 1 is 1.19 bits per heavy atom. The van der Waals surface area contributed by atoms with Crippen molar-refractivity contribution in [3.05, 3.63) is 65.4 Å². The number of ether oxygens (including phenoxy) is 1. The minimum Gasteiger partial charge on any atom is -0.493 e. The average Bonchev–Trinajstić information content (AvgIpc) is 2.98. The molecule has 3 aromatic rings. The Balaban J connectivity index is 1.93. The Kier molecular flexibility index (Phi) is 5.28. The van der Waals surface area contributed by atoms with Crippen molar-refractivity contribution in [3.8, 4) is 18.1 Å². The van der Waals surface area contributed by atoms with E-state index in [0.29, 0.717) is 35.4 Å². The molecule has 0 saturated heterocycles. The third-order valence-electron chi connectivity index (χ3n) is 4.28. The first-order valence-electron chi connectivity index (χ1n) is 8.54. The monoisotopic (exact) mass is 361 g/mol. The largest absolute Gasteiger partial charge is 0.493 e. The highest BCUT2D eigenvalue weighted by Crippen LogP contribution is 2.25. The van der Waals surface area contributed by atoms with Crippen LogP contribution in [0.1, 0.15) is 28.0 Å². The zero-order valence-corrected chi connectivity index (χ0v) is 14.9. The molecule has 0 aliphatic heterocycles. The summed E-state index contributed by atoms with van der Waals surface area (Å²) >= 11 is 0. The smallest absolute Gasteiger partial charge is 0.307 e. The van der Waals surface area contributed by atoms with E-state index in [-0.39, 0.29) is 12.3 Å². The lowest BCUT2D eigenvalue weighted by molar-refractivity contribution is -0.136. The predicted octanol–water partition coefficient (Wildman–Crippen LogP) is 3.67. The number of nitrogens with zero attached hydrogens (tertiary/aromatic N) is 1. The number of carbonyl (C=O) groups excluding carboxylic acids is 1. The number of aryl methyl sites for hydroxylation is 1. The van der Waals surface area contributed by atoms with Gasteiger partial charge in [0, 0.05) is 23.1 Å². The molecule has 1 aromatic heterocycles. The Bertz CT molecular complexity index is 1040. The van der Waals surface area contributed by atoms with E-state index in [1.54, 1.807) is 41.0 Å². The molecule has 3 rings (SSSR count). The van der Waals surface area contributed by atoms with Gasteiger partial charge in [0.2, 0.25) is 0 Å². The van der Waals surface area contributed by atoms with Crippen molar-refractivity contribution < 1.29 is 19.4 Å². The third-order valence-corrected chi connectivity index (χ3v) is 4.28. The number of benzene rings is 2. The van der Waals surface area contributed by atoms with Crippen LogP contribution in [0, 0.1) is 19.3 Å². The fourth-order valence-corrected chi connectivity index (χ4v) is 3.06. The lowest BCUT2D eigenvalue weighted by atomic mass is 10.1. The second-order valence-electron chi connectivity index (χ2n) is 6.17. The van der Waals surface area contributed by atoms with Crippen molar-refractivity contribution in [2.45, 2.75) is 19.8 Å². The van der Waals surface area contributed by atoms with Crippen molar-refractivity contribution >= 4 is 22.8 Å². The van der Waals surface area contributed by atoms with Crippen LogP contribution in [0.15, 0.2) is 48.5 Å². The summed E-state index contributed by atoms with van der Waals surface area (Å²) in [6, 6.07) is 14.1. The van der Waals surface area contributed by atoms with Crippen LogP contribution in [0.4, 0.5) is 0 Å². The third kappa shape index (κ3) is 3.85. The molecule has 136 valence electrons. The average molecular weight is 361 g/mol. The topological polar surface area (TPSA) is 68.5 Å². The summed E-state index contributed by atoms with van der Waals surface area (Å²) in [5.74, 6) is 2.08. The molecule has 0 aliphatic carbocycles. The number of rotatable bonds is 6. The number of carbonyl (C=O) groups is 2. The number of aliphatic carboxylic acids is 1. The molecule has 0 spiro atoms. The van der Waals surface area contributed by atoms with Gasteiger partial charge in [0.05, 0.1) is 18.5 Å². The maximum atomic E-state index is 13.0. The lowest BCUT2D eigenvalue weighted by Gasteiger charge is -2.09. The number of hydrogen-bond acceptors (Lipinski definition) is 3. The molecule has 0 radical (unpaired) electrons. The SMILES string of the molecule is C#CCCOc1ccc(C(=O)n2c(C)cc3c(CC(=O)O)cccc32)cc1. The van der Waals surface area contributed by atoms with Gasteiger partial charge in [-0.25, -0.2) is 0 Å². The van der Waals surface area contributed by atoms with Crippen LogP contribution in [0.2, 0.25) is 0 Å². The summed E-state index contributed by atoms with van der Waals surface area (Å²) in [4.78, 5) is 24.1. The predicted molar refractivity (Wildman–Crippen MR) is 103 cm³/mol. The second-order valence-corrected chi connectivity index (χ2v) is 6.17. The molecule has 5 nitrogen and oxygen atoms in total. The molecule has 0 atom stereocenters. The van der Waals surface area contributed by atoms with E-state index in [0.717, 1.165) is 11.1 Å². The van der Waals surface area contributed by atoms with Crippen LogP contribution in [0.5, 0.6) is 5.75 Å². The van der Waals surface area contributed by atoms with Crippen LogP contribution in [-0.4, -0.2) is 28.2 Å². The summed E-state index contributed by atoms with van der Waals surface area (Å²) in [7, 11) is 0. The highest BCUT2D eigenvalue weighted by atomic mass is 16.5. The van der Waals surface area contributed by atoms with Crippen molar-refractivity contribution in [2.24, 2.45) is 0 Å². The van der Waals surface area contributed by atoms with Crippen LogP contribution in [0.3, 0.4) is 0 Å². The summed E-state index contributed by atoms with van der Waals surface area (Å²) in [5, 5.41) is 9.87. The Morgan fingerprint density at radius 3 is 2.59 bits per heavy atom. The molecule has 27 heavy (non-hydrogen) atoms. The molecule has 0 aliphatic rings. The number of terminal acetylenes is 1. The standard InChI is InChI=1S/C22H19NO4/c1-3-4-12-27-18-10-8-16(9-11-18)22(26)23-15(2)13-19-17(14-21(24)25)6-5-7-20(19)23/h1,5-11,13H,4,12,14H2,2H3,(H,24,25). The van der Waals surface area contributed by atoms with E-state index in [2.05, 4.69) is 5.92 Å². The van der Waals surface area contributed by atoms with Gasteiger partial charge in [-0.1, -0.05) is 12.1 Å². The van der Waals surface area contributed by atoms with Gasteiger partial charge in [0.15, 0.2) is 0 Å². The van der Waals surface area contributed by atoms with Crippen molar-refractivity contribution in [1.82, 2.24) is 4.57 Å². The molecule has 0 bridgehead atoms. The number of aromatic nitrogens is 1. The summed E-state index contributed by atoms with van der Waals surface area (Å²) < 4.78 is 7.11. The molecular weight excluding hydrogens is 342 g/mol. The van der Waals surface area contributed by atoms with Gasteiger partial charge in [0.25, 0.3) is 5.91 Å². The van der Waals surface area contributed by atoms with Crippen molar-refractivity contribution in [3.63, 3.8) is 0 Å². The first-order chi connectivity index (χ1) is 13.0. The Morgan fingerprint density at radius 2 is 1.93 bits per heavy atom. The zero-order chi connectivity index (χ0) is 19.4. The summed E-state index contributed by atoms with van der Waals surface area (Å²) in [6.45, 7) is 2.26. The molecular formula is C22H19NO4. The minimum atomic E-state index is -0.903. The summed E-state index contributed by atoms with van der Waals surface area (Å²) in [6.07, 6.45) is 5.63. The van der Waals surface area contributed by atoms with E-state index < -0.39 is 5.97 Å². The number of hydrogen-bond donors (Lipinski definition) is 1. The molecule has 0 unspecified atom stereocenters. The molecule has 0 amide bonds. The van der Waals surface area contributed by atoms with Gasteiger partial charge < -0.3 is 9.84 Å². The Hall–Kier alpha value is -3.52. The van der Waals surface area contributed by atoms with Gasteiger partial charge in [-0.3, -0.25) is 14.2 Å². The van der Waals surface area contributed by atoms with Gasteiger partial charge >= 0.3 is 5.97 Å². The molecule has 5 heteroatoms. The molecule has 0 saturated carbocycles. The first kappa shape index (κ1) is 18.3. The number of carboxylic acids is 1. The molecule has 1 N–H and O–H groups in total. The fraction of sp³-hybridized carbons (Fsp3) is 0.182. The molecule has 0 fully saturated rings. The maximum absolute atomic E-state index is 13.0. The quantitative estimate of drug-likeness (QED) is 0.537. The second kappa shape index (κ2) is 7.79. The zero-order valence-electron chi connectivity index (χ0n) is 14.9. The van der Waals surface area contributed by atoms with Crippen LogP contribution >= 0.6 is 0 Å². The number of fused-ring (bicyclic) bond motifs is 1. The minimum absolute atomic E-state index is 0.0846. The molecule has 2 aromatic carbocycles. The normalized spacial score (nSPS) is 10.5. The van der Waals surface area contributed by atoms with Crippen LogP contribution in [0.25, 0.3) is 10.9 Å². The van der Waals surface area contributed by atoms with E-state index in [4.69, 9.17) is 16.3 Å². The van der Waals surface area contributed by atoms with Crippen molar-refractivity contribution in [2.75, 3.05) is 6.61 Å². The van der Waals surface area contributed by atoms with Gasteiger partial charge in [-0.15, -0.1) is 12.3 Å². The number of carboxylic acid groups (broad SMARTS) is 1. The van der Waals surface area contributed by atoms with E-state index in [1.807, 2.05) is 19.1 Å². The fourth-order valence-electron chi connectivity index (χ4n) is 3.06. The highest BCUT2D eigenvalue weighted by Gasteiger charge is 2.17. The van der Waals surface area contributed by atoms with E-state index >= 15 is 0 Å². The highest BCUT2D eigenvalue weighted by molar-refractivity contribution is 6.04. The first-order valence-corrected chi connectivity index (χ1v) is 8.54. The Labute approximate surface area is 157 Å². The maximum Gasteiger partial charge on any atom is 0.307 e. The van der Waals surface area contributed by atoms with Gasteiger partial charge in [-0.2, -0.15) is 0 Å². The van der Waals surface area contributed by atoms with Gasteiger partial charge in [-0.05, 0) is 48.9 Å².